The fourth-order valence-electron chi connectivity index (χ4n) is 8.18. The molecule has 0 aliphatic heterocycles. The van der Waals surface area contributed by atoms with Crippen LogP contribution in [0.25, 0.3) is 109 Å². The topological polar surface area (TPSA) is 9.86 Å². The minimum Gasteiger partial charge on any atom is -0.343 e. The quantitative estimate of drug-likeness (QED) is 0.160. The van der Waals surface area contributed by atoms with Crippen molar-refractivity contribution in [3.8, 4) is 19.5 Å². The minimum absolute atomic E-state index is 1.21. The molecule has 54 heavy (non-hydrogen) atoms. The van der Waals surface area contributed by atoms with E-state index >= 15 is 0 Å². The second-order valence-electron chi connectivity index (χ2n) is 13.9. The molecule has 2 nitrogen and oxygen atoms in total. The van der Waals surface area contributed by atoms with E-state index in [2.05, 4.69) is 180 Å². The number of fused-ring (bicyclic) bond motifs is 10. The Balaban J connectivity index is 0.948. The predicted octanol–water partition coefficient (Wildman–Crippen LogP) is 15.2. The highest BCUT2D eigenvalue weighted by Gasteiger charge is 2.17. The molecule has 6 aromatic heterocycles. The maximum atomic E-state index is 2.41. The summed E-state index contributed by atoms with van der Waals surface area (Å²) in [6, 6.07) is 45.3. The van der Waals surface area contributed by atoms with Crippen LogP contribution < -0.4 is 0 Å². The van der Waals surface area contributed by atoms with Gasteiger partial charge in [-0.25, -0.2) is 0 Å². The van der Waals surface area contributed by atoms with Crippen molar-refractivity contribution in [1.29, 1.82) is 0 Å². The monoisotopic (exact) mass is 764 g/mol. The van der Waals surface area contributed by atoms with Crippen LogP contribution in [0.4, 0.5) is 0 Å². The molecule has 11 aromatic rings. The summed E-state index contributed by atoms with van der Waals surface area (Å²) >= 11 is 7.27. The molecule has 0 saturated carbocycles. The van der Waals surface area contributed by atoms with E-state index in [9.17, 15) is 0 Å². The van der Waals surface area contributed by atoms with E-state index < -0.39 is 0 Å². The van der Waals surface area contributed by atoms with Gasteiger partial charge >= 0.3 is 0 Å². The van der Waals surface area contributed by atoms with Crippen LogP contribution in [0.5, 0.6) is 0 Å². The van der Waals surface area contributed by atoms with Gasteiger partial charge in [0.05, 0.1) is 11.0 Å². The molecule has 11 rings (SSSR count). The molecule has 0 atom stereocenters. The lowest BCUT2D eigenvalue weighted by Crippen LogP contribution is -1.89. The van der Waals surface area contributed by atoms with E-state index in [0.717, 1.165) is 0 Å². The zero-order valence-corrected chi connectivity index (χ0v) is 32.8. The van der Waals surface area contributed by atoms with Crippen molar-refractivity contribution in [2.45, 2.75) is 0 Å². The number of rotatable bonds is 6. The Morgan fingerprint density at radius 1 is 0.407 bits per heavy atom. The lowest BCUT2D eigenvalue weighted by molar-refractivity contribution is 1.01. The third kappa shape index (κ3) is 5.17. The Labute approximate surface area is 328 Å². The molecule has 6 heterocycles. The molecule has 0 saturated heterocycles. The summed E-state index contributed by atoms with van der Waals surface area (Å²) in [5.41, 5.74) is 7.52. The van der Waals surface area contributed by atoms with Gasteiger partial charge in [-0.15, -0.1) is 45.3 Å². The summed E-state index contributed by atoms with van der Waals surface area (Å²) in [7, 11) is 4.45. The number of hydrogen-bond acceptors (Lipinski definition) is 4. The molecule has 0 radical (unpaired) electrons. The molecule has 5 aromatic carbocycles. The average molecular weight is 765 g/mol. The summed E-state index contributed by atoms with van der Waals surface area (Å²) < 4.78 is 4.80. The van der Waals surface area contributed by atoms with Crippen LogP contribution in [-0.2, 0) is 14.1 Å². The second kappa shape index (κ2) is 12.5. The van der Waals surface area contributed by atoms with Crippen molar-refractivity contribution in [2.75, 3.05) is 0 Å². The zero-order chi connectivity index (χ0) is 35.9. The molecule has 0 fully saturated rings. The van der Waals surface area contributed by atoms with Gasteiger partial charge in [-0.1, -0.05) is 72.8 Å². The van der Waals surface area contributed by atoms with E-state index in [1.165, 1.54) is 106 Å². The van der Waals surface area contributed by atoms with E-state index in [0.29, 0.717) is 0 Å². The van der Waals surface area contributed by atoms with Crippen LogP contribution in [0.15, 0.2) is 132 Å². The fraction of sp³-hybridized carbons (Fsp3) is 0.0417. The first-order valence-corrected chi connectivity index (χ1v) is 21.4. The van der Waals surface area contributed by atoms with Crippen LogP contribution in [-0.4, -0.2) is 9.13 Å². The highest BCUT2D eigenvalue weighted by atomic mass is 32.1. The van der Waals surface area contributed by atoms with Crippen molar-refractivity contribution >= 4 is 135 Å². The molecule has 0 aliphatic carbocycles. The SMILES string of the molecule is Cn1c2cc3c4ccc5cc(/C=C/c6ccc(-c7cccs7)s6)ccc5c4n(C)c3cc2c2ccc3cc(/C=C/c4ccc(-c5cccs5)s4)ccc3c21. The number of benzene rings is 5. The van der Waals surface area contributed by atoms with Crippen LogP contribution in [0.1, 0.15) is 20.9 Å². The fourth-order valence-corrected chi connectivity index (χ4v) is 11.7. The Morgan fingerprint density at radius 3 is 1.31 bits per heavy atom. The molecular formula is C48H32N2S4. The lowest BCUT2D eigenvalue weighted by Gasteiger charge is -2.05. The summed E-state index contributed by atoms with van der Waals surface area (Å²) in [5.74, 6) is 0. The van der Waals surface area contributed by atoms with E-state index in [1.54, 1.807) is 22.7 Å². The molecule has 0 bridgehead atoms. The predicted molar refractivity (Wildman–Crippen MR) is 243 cm³/mol. The van der Waals surface area contributed by atoms with Crippen LogP contribution in [0.2, 0.25) is 0 Å². The lowest BCUT2D eigenvalue weighted by atomic mass is 10.0. The number of aromatic nitrogens is 2. The van der Waals surface area contributed by atoms with Crippen LogP contribution in [0, 0.1) is 0 Å². The molecule has 0 unspecified atom stereocenters. The molecule has 0 spiro atoms. The molecule has 258 valence electrons. The van der Waals surface area contributed by atoms with Crippen molar-refractivity contribution in [2.24, 2.45) is 14.1 Å². The maximum absolute atomic E-state index is 2.41. The van der Waals surface area contributed by atoms with Gasteiger partial charge in [0, 0.05) is 86.7 Å². The Hall–Kier alpha value is -5.50. The molecule has 0 N–H and O–H groups in total. The van der Waals surface area contributed by atoms with Crippen LogP contribution >= 0.6 is 45.3 Å². The van der Waals surface area contributed by atoms with Gasteiger partial charge in [0.1, 0.15) is 0 Å². The molecular weight excluding hydrogens is 733 g/mol. The zero-order valence-electron chi connectivity index (χ0n) is 29.5. The smallest absolute Gasteiger partial charge is 0.0568 e. The molecule has 0 amide bonds. The largest absolute Gasteiger partial charge is 0.343 e. The first kappa shape index (κ1) is 32.0. The van der Waals surface area contributed by atoms with Crippen LogP contribution in [0.3, 0.4) is 0 Å². The Morgan fingerprint density at radius 2 is 0.870 bits per heavy atom. The second-order valence-corrected chi connectivity index (χ2v) is 18.0. The highest BCUT2D eigenvalue weighted by molar-refractivity contribution is 7.22. The maximum Gasteiger partial charge on any atom is 0.0568 e. The first-order valence-electron chi connectivity index (χ1n) is 18.0. The Kier molecular flexibility index (Phi) is 7.43. The third-order valence-electron chi connectivity index (χ3n) is 10.8. The van der Waals surface area contributed by atoms with Crippen molar-refractivity contribution in [3.05, 3.63) is 153 Å². The third-order valence-corrected chi connectivity index (χ3v) is 15.0. The van der Waals surface area contributed by atoms with Crippen molar-refractivity contribution < 1.29 is 0 Å². The van der Waals surface area contributed by atoms with Gasteiger partial charge in [0.2, 0.25) is 0 Å². The summed E-state index contributed by atoms with van der Waals surface area (Å²) in [6.07, 6.45) is 8.95. The van der Waals surface area contributed by atoms with Gasteiger partial charge in [0.15, 0.2) is 0 Å². The van der Waals surface area contributed by atoms with E-state index in [-0.39, 0.29) is 0 Å². The summed E-state index contributed by atoms with van der Waals surface area (Å²) in [6.45, 7) is 0. The van der Waals surface area contributed by atoms with Gasteiger partial charge in [-0.05, 0) is 105 Å². The van der Waals surface area contributed by atoms with Gasteiger partial charge < -0.3 is 9.13 Å². The van der Waals surface area contributed by atoms with Crippen molar-refractivity contribution in [3.63, 3.8) is 0 Å². The van der Waals surface area contributed by atoms with E-state index in [4.69, 9.17) is 0 Å². The minimum atomic E-state index is 1.21. The first-order chi connectivity index (χ1) is 26.6. The van der Waals surface area contributed by atoms with Gasteiger partial charge in [-0.3, -0.25) is 0 Å². The normalized spacial score (nSPS) is 12.5. The number of thiophene rings is 4. The number of nitrogens with zero attached hydrogens (tertiary/aromatic N) is 2. The highest BCUT2D eigenvalue weighted by Crippen LogP contribution is 2.41. The molecule has 0 aliphatic rings. The van der Waals surface area contributed by atoms with E-state index in [1.807, 2.05) is 22.7 Å². The summed E-state index contributed by atoms with van der Waals surface area (Å²) in [4.78, 5) is 7.85. The van der Waals surface area contributed by atoms with Crippen molar-refractivity contribution in [1.82, 2.24) is 9.13 Å². The number of aryl methyl sites for hydroxylation is 2. The van der Waals surface area contributed by atoms with Gasteiger partial charge in [-0.2, -0.15) is 0 Å². The molecule has 6 heteroatoms. The van der Waals surface area contributed by atoms with Gasteiger partial charge in [0.25, 0.3) is 0 Å². The standard InChI is InChI=1S/C48H32N2S4/c1-49-41-27-40-38-20-12-32-26-30(8-14-34-16-22-46(54-34)44-6-4-24-52-44)10-18-36(32)48(38)50(2)42(40)28-39(41)37-19-11-31-25-29(9-17-35(31)47(37)49)7-13-33-15-21-45(53-33)43-5-3-23-51-43/h3-28H,1-2H3/b13-7+,14-8+. The summed E-state index contributed by atoms with van der Waals surface area (Å²) in [5, 5.41) is 14.5. The number of hydrogen-bond donors (Lipinski definition) is 0. The average Bonchev–Trinajstić information content (AvgIpc) is 4.06. The Bertz CT molecular complexity index is 3060.